The van der Waals surface area contributed by atoms with Crippen LogP contribution in [0.5, 0.6) is 11.5 Å². The first-order valence-electron chi connectivity index (χ1n) is 7.36. The second-order valence-corrected chi connectivity index (χ2v) is 4.94. The van der Waals surface area contributed by atoms with Crippen LogP contribution in [0.4, 0.5) is 5.69 Å². The van der Waals surface area contributed by atoms with Gasteiger partial charge in [0, 0.05) is 18.2 Å². The summed E-state index contributed by atoms with van der Waals surface area (Å²) in [5.41, 5.74) is 0.834. The Balaban J connectivity index is 1.77. The summed E-state index contributed by atoms with van der Waals surface area (Å²) in [5, 5.41) is 13.5. The average molecular weight is 330 g/mol. The fraction of sp³-hybridized carbons (Fsp3) is 0.235. The Kier molecular flexibility index (Phi) is 6.13. The molecule has 2 aromatic rings. The number of carbonyl (C=O) groups is 1. The van der Waals surface area contributed by atoms with Gasteiger partial charge in [-0.2, -0.15) is 0 Å². The number of ether oxygens (including phenoxy) is 2. The van der Waals surface area contributed by atoms with Crippen LogP contribution in [0.15, 0.2) is 48.5 Å². The fourth-order valence-electron chi connectivity index (χ4n) is 2.08. The number of non-ortho nitro benzene ring substituents is 1. The van der Waals surface area contributed by atoms with Gasteiger partial charge < -0.3 is 14.8 Å². The number of hydrogen-bond acceptors (Lipinski definition) is 5. The topological polar surface area (TPSA) is 90.7 Å². The molecule has 0 heterocycles. The molecule has 0 aromatic heterocycles. The first-order valence-corrected chi connectivity index (χ1v) is 7.36. The minimum Gasteiger partial charge on any atom is -0.496 e. The van der Waals surface area contributed by atoms with E-state index in [-0.39, 0.29) is 24.6 Å². The third-order valence-electron chi connectivity index (χ3n) is 3.29. The molecule has 0 unspecified atom stereocenters. The van der Waals surface area contributed by atoms with E-state index in [9.17, 15) is 14.9 Å². The van der Waals surface area contributed by atoms with E-state index in [0.29, 0.717) is 18.0 Å². The minimum atomic E-state index is -0.493. The molecule has 2 rings (SSSR count). The maximum atomic E-state index is 11.8. The van der Waals surface area contributed by atoms with E-state index >= 15 is 0 Å². The lowest BCUT2D eigenvalue weighted by Crippen LogP contribution is -2.24. The van der Waals surface area contributed by atoms with Crippen molar-refractivity contribution in [3.8, 4) is 11.5 Å². The molecule has 0 fully saturated rings. The lowest BCUT2D eigenvalue weighted by atomic mass is 10.2. The van der Waals surface area contributed by atoms with E-state index in [0.717, 1.165) is 5.56 Å². The molecule has 0 radical (unpaired) electrons. The van der Waals surface area contributed by atoms with Gasteiger partial charge in [-0.1, -0.05) is 24.3 Å². The fourth-order valence-corrected chi connectivity index (χ4v) is 2.08. The molecule has 0 saturated heterocycles. The van der Waals surface area contributed by atoms with Crippen molar-refractivity contribution in [1.82, 2.24) is 5.32 Å². The van der Waals surface area contributed by atoms with Crippen LogP contribution in [0.25, 0.3) is 0 Å². The molecule has 0 aliphatic rings. The molecule has 7 nitrogen and oxygen atoms in total. The van der Waals surface area contributed by atoms with Crippen molar-refractivity contribution < 1.29 is 19.2 Å². The van der Waals surface area contributed by atoms with E-state index in [4.69, 9.17) is 9.47 Å². The predicted octanol–water partition coefficient (Wildman–Crippen LogP) is 2.69. The summed E-state index contributed by atoms with van der Waals surface area (Å²) < 4.78 is 10.6. The molecule has 0 aliphatic carbocycles. The van der Waals surface area contributed by atoms with Crippen LogP contribution in [-0.4, -0.2) is 24.5 Å². The number of amides is 1. The van der Waals surface area contributed by atoms with Crippen LogP contribution >= 0.6 is 0 Å². The molecule has 126 valence electrons. The van der Waals surface area contributed by atoms with Crippen molar-refractivity contribution in [2.45, 2.75) is 13.0 Å². The third kappa shape index (κ3) is 4.98. The van der Waals surface area contributed by atoms with Crippen molar-refractivity contribution in [2.24, 2.45) is 0 Å². The van der Waals surface area contributed by atoms with Gasteiger partial charge in [-0.05, 0) is 12.1 Å². The zero-order valence-corrected chi connectivity index (χ0v) is 13.2. The highest BCUT2D eigenvalue weighted by Gasteiger charge is 2.08. The van der Waals surface area contributed by atoms with Crippen LogP contribution in [0.3, 0.4) is 0 Å². The van der Waals surface area contributed by atoms with Crippen LogP contribution < -0.4 is 14.8 Å². The third-order valence-corrected chi connectivity index (χ3v) is 3.29. The Morgan fingerprint density at radius 1 is 1.21 bits per heavy atom. The van der Waals surface area contributed by atoms with Crippen LogP contribution in [-0.2, 0) is 11.3 Å². The van der Waals surface area contributed by atoms with Gasteiger partial charge in [0.05, 0.1) is 31.1 Å². The molecule has 0 bridgehead atoms. The standard InChI is InChI=1S/C17H18N2O5/c1-23-16-8-3-2-5-13(16)12-18-17(20)9-10-24-15-7-4-6-14(11-15)19(21)22/h2-8,11H,9-10,12H2,1H3,(H,18,20). The lowest BCUT2D eigenvalue weighted by molar-refractivity contribution is -0.384. The Morgan fingerprint density at radius 3 is 2.75 bits per heavy atom. The van der Waals surface area contributed by atoms with E-state index in [1.54, 1.807) is 13.2 Å². The number of methoxy groups -OCH3 is 1. The Labute approximate surface area is 139 Å². The molecular formula is C17H18N2O5. The summed E-state index contributed by atoms with van der Waals surface area (Å²) in [5.74, 6) is 0.902. The first-order chi connectivity index (χ1) is 11.6. The summed E-state index contributed by atoms with van der Waals surface area (Å²) in [6.07, 6.45) is 0.151. The van der Waals surface area contributed by atoms with Gasteiger partial charge in [0.1, 0.15) is 11.5 Å². The number of nitro benzene ring substituents is 1. The average Bonchev–Trinajstić information content (AvgIpc) is 2.60. The largest absolute Gasteiger partial charge is 0.496 e. The van der Waals surface area contributed by atoms with E-state index in [1.807, 2.05) is 24.3 Å². The van der Waals surface area contributed by atoms with E-state index < -0.39 is 4.92 Å². The summed E-state index contributed by atoms with van der Waals surface area (Å²) in [7, 11) is 1.58. The quantitative estimate of drug-likeness (QED) is 0.593. The number of para-hydroxylation sites is 1. The van der Waals surface area contributed by atoms with Gasteiger partial charge in [-0.15, -0.1) is 0 Å². The number of nitrogens with one attached hydrogen (secondary N) is 1. The number of benzene rings is 2. The van der Waals surface area contributed by atoms with E-state index in [1.165, 1.54) is 18.2 Å². The van der Waals surface area contributed by atoms with Crippen LogP contribution in [0.1, 0.15) is 12.0 Å². The summed E-state index contributed by atoms with van der Waals surface area (Å²) in [4.78, 5) is 22.0. The molecule has 0 spiro atoms. The molecule has 1 N–H and O–H groups in total. The normalized spacial score (nSPS) is 10.0. The molecule has 0 aliphatic heterocycles. The van der Waals surface area contributed by atoms with Gasteiger partial charge in [-0.3, -0.25) is 14.9 Å². The van der Waals surface area contributed by atoms with Crippen LogP contribution in [0, 0.1) is 10.1 Å². The van der Waals surface area contributed by atoms with Crippen molar-refractivity contribution >= 4 is 11.6 Å². The number of hydrogen-bond donors (Lipinski definition) is 1. The maximum absolute atomic E-state index is 11.8. The highest BCUT2D eigenvalue weighted by atomic mass is 16.6. The highest BCUT2D eigenvalue weighted by Crippen LogP contribution is 2.19. The second-order valence-electron chi connectivity index (χ2n) is 4.94. The second kappa shape index (κ2) is 8.52. The SMILES string of the molecule is COc1ccccc1CNC(=O)CCOc1cccc([N+](=O)[O-])c1. The Hall–Kier alpha value is -3.09. The molecule has 24 heavy (non-hydrogen) atoms. The van der Waals surface area contributed by atoms with Gasteiger partial charge in [-0.25, -0.2) is 0 Å². The molecule has 7 heteroatoms. The monoisotopic (exact) mass is 330 g/mol. The zero-order chi connectivity index (χ0) is 17.4. The maximum Gasteiger partial charge on any atom is 0.273 e. The van der Waals surface area contributed by atoms with Crippen molar-refractivity contribution in [2.75, 3.05) is 13.7 Å². The Morgan fingerprint density at radius 2 is 2.00 bits per heavy atom. The predicted molar refractivity (Wildman–Crippen MR) is 88.0 cm³/mol. The lowest BCUT2D eigenvalue weighted by Gasteiger charge is -2.10. The number of carbonyl (C=O) groups excluding carboxylic acids is 1. The molecule has 2 aromatic carbocycles. The van der Waals surface area contributed by atoms with Crippen molar-refractivity contribution in [3.05, 3.63) is 64.2 Å². The Bertz CT molecular complexity index is 718. The summed E-state index contributed by atoms with van der Waals surface area (Å²) >= 11 is 0. The molecule has 0 atom stereocenters. The van der Waals surface area contributed by atoms with Gasteiger partial charge in [0.2, 0.25) is 5.91 Å². The number of rotatable bonds is 8. The first kappa shape index (κ1) is 17.3. The number of nitrogens with zero attached hydrogens (tertiary/aromatic N) is 1. The van der Waals surface area contributed by atoms with Crippen molar-refractivity contribution in [1.29, 1.82) is 0 Å². The van der Waals surface area contributed by atoms with E-state index in [2.05, 4.69) is 5.32 Å². The molecule has 1 amide bonds. The van der Waals surface area contributed by atoms with Crippen LogP contribution in [0.2, 0.25) is 0 Å². The highest BCUT2D eigenvalue weighted by molar-refractivity contribution is 5.76. The summed E-state index contributed by atoms with van der Waals surface area (Å²) in [6, 6.07) is 13.3. The number of nitro groups is 1. The molecule has 0 saturated carbocycles. The van der Waals surface area contributed by atoms with Gasteiger partial charge in [0.15, 0.2) is 0 Å². The van der Waals surface area contributed by atoms with Gasteiger partial charge >= 0.3 is 0 Å². The van der Waals surface area contributed by atoms with Gasteiger partial charge in [0.25, 0.3) is 5.69 Å². The summed E-state index contributed by atoms with van der Waals surface area (Å²) in [6.45, 7) is 0.499. The minimum absolute atomic E-state index is 0.0480. The van der Waals surface area contributed by atoms with Crippen molar-refractivity contribution in [3.63, 3.8) is 0 Å². The molecular weight excluding hydrogens is 312 g/mol. The zero-order valence-electron chi connectivity index (χ0n) is 13.2. The smallest absolute Gasteiger partial charge is 0.273 e.